The summed E-state index contributed by atoms with van der Waals surface area (Å²) in [6.45, 7) is 5.32. The summed E-state index contributed by atoms with van der Waals surface area (Å²) in [7, 11) is 0. The van der Waals surface area contributed by atoms with Crippen molar-refractivity contribution in [2.45, 2.75) is 26.8 Å². The number of nitrogens with zero attached hydrogens (tertiary/aromatic N) is 1. The molecule has 0 unspecified atom stereocenters. The lowest BCUT2D eigenvalue weighted by Gasteiger charge is -2.21. The summed E-state index contributed by atoms with van der Waals surface area (Å²) in [6, 6.07) is 2.79. The first kappa shape index (κ1) is 10.8. The highest BCUT2D eigenvalue weighted by Crippen LogP contribution is 2.33. The second-order valence-corrected chi connectivity index (χ2v) is 4.24. The van der Waals surface area contributed by atoms with E-state index in [1.165, 1.54) is 11.0 Å². The minimum Gasteiger partial charge on any atom is -0.302 e. The van der Waals surface area contributed by atoms with Gasteiger partial charge in [0.15, 0.2) is 0 Å². The molecule has 1 heterocycles. The summed E-state index contributed by atoms with van der Waals surface area (Å²) in [5.74, 6) is -2.01. The van der Waals surface area contributed by atoms with E-state index in [4.69, 9.17) is 0 Å². The number of rotatable bonds is 1. The van der Waals surface area contributed by atoms with Crippen molar-refractivity contribution in [3.8, 4) is 0 Å². The van der Waals surface area contributed by atoms with Crippen LogP contribution >= 0.6 is 0 Å². The first-order valence-electron chi connectivity index (χ1n) is 5.11. The molecule has 0 saturated heterocycles. The molecule has 0 aromatic heterocycles. The van der Waals surface area contributed by atoms with Gasteiger partial charge in [0.25, 0.3) is 11.7 Å². The molecule has 0 bridgehead atoms. The Balaban J connectivity index is 2.70. The molecule has 1 aromatic rings. The van der Waals surface area contributed by atoms with Crippen LogP contribution < -0.4 is 4.90 Å². The van der Waals surface area contributed by atoms with E-state index in [1.54, 1.807) is 26.8 Å². The van der Waals surface area contributed by atoms with E-state index < -0.39 is 17.5 Å². The van der Waals surface area contributed by atoms with E-state index in [2.05, 4.69) is 0 Å². The fraction of sp³-hybridized carbons (Fsp3) is 0.333. The number of hydrogen-bond donors (Lipinski definition) is 0. The fourth-order valence-electron chi connectivity index (χ4n) is 1.98. The summed E-state index contributed by atoms with van der Waals surface area (Å²) in [5, 5.41) is 0. The van der Waals surface area contributed by atoms with E-state index in [0.717, 1.165) is 0 Å². The van der Waals surface area contributed by atoms with Crippen molar-refractivity contribution < 1.29 is 14.0 Å². The lowest BCUT2D eigenvalue weighted by Crippen LogP contribution is -2.35. The standard InChI is InChI=1S/C12H12FNO2/c1-6(2)14-9-5-7(3)4-8(13)10(9)11(15)12(14)16/h4-6H,1-3H3. The van der Waals surface area contributed by atoms with Crippen molar-refractivity contribution in [2.75, 3.05) is 4.90 Å². The molecule has 16 heavy (non-hydrogen) atoms. The van der Waals surface area contributed by atoms with Gasteiger partial charge < -0.3 is 4.90 Å². The van der Waals surface area contributed by atoms with Gasteiger partial charge in [-0.3, -0.25) is 9.59 Å². The fourth-order valence-corrected chi connectivity index (χ4v) is 1.98. The smallest absolute Gasteiger partial charge is 0.299 e. The first-order valence-corrected chi connectivity index (χ1v) is 5.11. The Hall–Kier alpha value is -1.71. The Morgan fingerprint density at radius 1 is 1.25 bits per heavy atom. The molecule has 1 aliphatic heterocycles. The van der Waals surface area contributed by atoms with Crippen LogP contribution in [0.2, 0.25) is 0 Å². The van der Waals surface area contributed by atoms with Gasteiger partial charge in [-0.05, 0) is 38.5 Å². The Morgan fingerprint density at radius 2 is 1.88 bits per heavy atom. The summed E-state index contributed by atoms with van der Waals surface area (Å²) >= 11 is 0. The molecular weight excluding hydrogens is 209 g/mol. The topological polar surface area (TPSA) is 37.4 Å². The Labute approximate surface area is 92.9 Å². The van der Waals surface area contributed by atoms with Crippen LogP contribution in [0.5, 0.6) is 0 Å². The molecule has 84 valence electrons. The highest BCUT2D eigenvalue weighted by atomic mass is 19.1. The average Bonchev–Trinajstić information content (AvgIpc) is 2.38. The Kier molecular flexibility index (Phi) is 2.30. The molecular formula is C12H12FNO2. The highest BCUT2D eigenvalue weighted by molar-refractivity contribution is 6.52. The summed E-state index contributed by atoms with van der Waals surface area (Å²) < 4.78 is 13.6. The van der Waals surface area contributed by atoms with Gasteiger partial charge in [0.1, 0.15) is 5.82 Å². The number of amides is 1. The van der Waals surface area contributed by atoms with E-state index in [9.17, 15) is 14.0 Å². The van der Waals surface area contributed by atoms with Crippen molar-refractivity contribution in [3.63, 3.8) is 0 Å². The molecule has 0 N–H and O–H groups in total. The summed E-state index contributed by atoms with van der Waals surface area (Å²) in [6.07, 6.45) is 0. The van der Waals surface area contributed by atoms with Gasteiger partial charge >= 0.3 is 0 Å². The van der Waals surface area contributed by atoms with E-state index in [0.29, 0.717) is 11.3 Å². The van der Waals surface area contributed by atoms with Gasteiger partial charge in [-0.25, -0.2) is 4.39 Å². The van der Waals surface area contributed by atoms with Crippen LogP contribution in [0.15, 0.2) is 12.1 Å². The normalized spacial score (nSPS) is 14.9. The molecule has 0 fully saturated rings. The van der Waals surface area contributed by atoms with Gasteiger partial charge in [0, 0.05) is 6.04 Å². The average molecular weight is 221 g/mol. The molecule has 0 radical (unpaired) electrons. The predicted molar refractivity (Wildman–Crippen MR) is 58.1 cm³/mol. The van der Waals surface area contributed by atoms with Crippen LogP contribution in [0.1, 0.15) is 29.8 Å². The molecule has 1 aromatic carbocycles. The number of carbonyl (C=O) groups is 2. The van der Waals surface area contributed by atoms with Crippen LogP contribution in [-0.2, 0) is 4.79 Å². The van der Waals surface area contributed by atoms with Crippen molar-refractivity contribution in [2.24, 2.45) is 0 Å². The monoisotopic (exact) mass is 221 g/mol. The molecule has 2 rings (SSSR count). The molecule has 1 amide bonds. The maximum Gasteiger partial charge on any atom is 0.299 e. The van der Waals surface area contributed by atoms with Crippen LogP contribution in [0.4, 0.5) is 10.1 Å². The Bertz CT molecular complexity index is 494. The third-order valence-corrected chi connectivity index (χ3v) is 2.63. The van der Waals surface area contributed by atoms with E-state index in [1.807, 2.05) is 0 Å². The maximum absolute atomic E-state index is 13.6. The van der Waals surface area contributed by atoms with Gasteiger partial charge in [-0.1, -0.05) is 0 Å². The lowest BCUT2D eigenvalue weighted by atomic mass is 10.1. The lowest BCUT2D eigenvalue weighted by molar-refractivity contribution is -0.114. The third-order valence-electron chi connectivity index (χ3n) is 2.63. The predicted octanol–water partition coefficient (Wildman–Crippen LogP) is 2.07. The number of halogens is 1. The number of hydrogen-bond acceptors (Lipinski definition) is 2. The Morgan fingerprint density at radius 3 is 2.44 bits per heavy atom. The minimum atomic E-state index is -0.749. The van der Waals surface area contributed by atoms with Gasteiger partial charge in [-0.15, -0.1) is 0 Å². The van der Waals surface area contributed by atoms with Gasteiger partial charge in [-0.2, -0.15) is 0 Å². The zero-order valence-electron chi connectivity index (χ0n) is 9.37. The maximum atomic E-state index is 13.6. The second kappa shape index (κ2) is 3.40. The van der Waals surface area contributed by atoms with Crippen molar-refractivity contribution in [3.05, 3.63) is 29.1 Å². The molecule has 1 aliphatic rings. The van der Waals surface area contributed by atoms with Crippen LogP contribution in [-0.4, -0.2) is 17.7 Å². The molecule has 0 spiro atoms. The van der Waals surface area contributed by atoms with Gasteiger partial charge in [0.2, 0.25) is 0 Å². The number of benzene rings is 1. The zero-order chi connectivity index (χ0) is 12.0. The second-order valence-electron chi connectivity index (χ2n) is 4.24. The number of anilines is 1. The van der Waals surface area contributed by atoms with Crippen LogP contribution in [0, 0.1) is 12.7 Å². The molecule has 4 heteroatoms. The number of fused-ring (bicyclic) bond motifs is 1. The largest absolute Gasteiger partial charge is 0.302 e. The molecule has 0 atom stereocenters. The molecule has 3 nitrogen and oxygen atoms in total. The first-order chi connectivity index (χ1) is 7.43. The number of ketones is 1. The summed E-state index contributed by atoms with van der Waals surface area (Å²) in [5.41, 5.74) is 0.996. The van der Waals surface area contributed by atoms with Gasteiger partial charge in [0.05, 0.1) is 11.3 Å². The van der Waals surface area contributed by atoms with Crippen LogP contribution in [0.25, 0.3) is 0 Å². The number of Topliss-reactive ketones (excluding diaryl/α,β-unsaturated/α-hetero) is 1. The van der Waals surface area contributed by atoms with Crippen molar-refractivity contribution in [1.29, 1.82) is 0 Å². The van der Waals surface area contributed by atoms with E-state index in [-0.39, 0.29) is 11.6 Å². The van der Waals surface area contributed by atoms with Crippen molar-refractivity contribution in [1.82, 2.24) is 0 Å². The minimum absolute atomic E-state index is 0.0932. The molecule has 0 aliphatic carbocycles. The zero-order valence-corrected chi connectivity index (χ0v) is 9.37. The summed E-state index contributed by atoms with van der Waals surface area (Å²) in [4.78, 5) is 24.6. The SMILES string of the molecule is Cc1cc(F)c2c(c1)N(C(C)C)C(=O)C2=O. The molecule has 0 saturated carbocycles. The van der Waals surface area contributed by atoms with Crippen LogP contribution in [0.3, 0.4) is 0 Å². The van der Waals surface area contributed by atoms with Crippen molar-refractivity contribution >= 4 is 17.4 Å². The number of carbonyl (C=O) groups excluding carboxylic acids is 2. The number of aryl methyl sites for hydroxylation is 1. The van der Waals surface area contributed by atoms with E-state index >= 15 is 0 Å². The highest BCUT2D eigenvalue weighted by Gasteiger charge is 2.39. The third kappa shape index (κ3) is 1.33. The quantitative estimate of drug-likeness (QED) is 0.681.